The fourth-order valence-electron chi connectivity index (χ4n) is 2.77. The quantitative estimate of drug-likeness (QED) is 0.677. The van der Waals surface area contributed by atoms with Gasteiger partial charge in [-0.05, 0) is 44.2 Å². The standard InChI is InChI=1S/C18H31N/c1-5-14-19-18(17(6-2)7-3)13-12-16-10-8-15(4)9-11-16/h8-11,17-19H,5-7,12-14H2,1-4H3. The average molecular weight is 261 g/mol. The molecule has 0 aliphatic heterocycles. The molecular weight excluding hydrogens is 230 g/mol. The second kappa shape index (κ2) is 9.14. The summed E-state index contributed by atoms with van der Waals surface area (Å²) >= 11 is 0. The number of rotatable bonds is 9. The van der Waals surface area contributed by atoms with Crippen molar-refractivity contribution in [1.82, 2.24) is 5.32 Å². The number of aryl methyl sites for hydroxylation is 2. The summed E-state index contributed by atoms with van der Waals surface area (Å²) in [6.07, 6.45) is 6.24. The van der Waals surface area contributed by atoms with Crippen molar-refractivity contribution in [2.45, 2.75) is 65.8 Å². The van der Waals surface area contributed by atoms with Crippen molar-refractivity contribution in [3.63, 3.8) is 0 Å². The Morgan fingerprint density at radius 1 is 1.00 bits per heavy atom. The Kier molecular flexibility index (Phi) is 7.81. The van der Waals surface area contributed by atoms with Crippen LogP contribution >= 0.6 is 0 Å². The summed E-state index contributed by atoms with van der Waals surface area (Å²) in [6, 6.07) is 9.68. The Morgan fingerprint density at radius 3 is 2.16 bits per heavy atom. The highest BCUT2D eigenvalue weighted by Crippen LogP contribution is 2.18. The van der Waals surface area contributed by atoms with E-state index >= 15 is 0 Å². The summed E-state index contributed by atoms with van der Waals surface area (Å²) in [5, 5.41) is 3.75. The first-order valence-corrected chi connectivity index (χ1v) is 8.00. The summed E-state index contributed by atoms with van der Waals surface area (Å²) in [6.45, 7) is 10.2. The lowest BCUT2D eigenvalue weighted by atomic mass is 9.89. The molecule has 1 aromatic carbocycles. The molecule has 1 nitrogen and oxygen atoms in total. The number of hydrogen-bond donors (Lipinski definition) is 1. The van der Waals surface area contributed by atoms with Crippen LogP contribution in [0.2, 0.25) is 0 Å². The maximum atomic E-state index is 3.75. The molecule has 1 atom stereocenters. The lowest BCUT2D eigenvalue weighted by molar-refractivity contribution is 0.318. The highest BCUT2D eigenvalue weighted by Gasteiger charge is 2.17. The van der Waals surface area contributed by atoms with E-state index in [-0.39, 0.29) is 0 Å². The molecule has 0 bridgehead atoms. The van der Waals surface area contributed by atoms with Gasteiger partial charge in [-0.2, -0.15) is 0 Å². The van der Waals surface area contributed by atoms with Gasteiger partial charge in [-0.15, -0.1) is 0 Å². The van der Waals surface area contributed by atoms with Crippen molar-refractivity contribution >= 4 is 0 Å². The third-order valence-corrected chi connectivity index (χ3v) is 4.14. The Bertz CT molecular complexity index is 324. The van der Waals surface area contributed by atoms with Gasteiger partial charge in [0.1, 0.15) is 0 Å². The number of nitrogens with one attached hydrogen (secondary N) is 1. The van der Waals surface area contributed by atoms with E-state index < -0.39 is 0 Å². The van der Waals surface area contributed by atoms with Gasteiger partial charge in [-0.1, -0.05) is 63.4 Å². The molecule has 0 saturated carbocycles. The largest absolute Gasteiger partial charge is 0.314 e. The van der Waals surface area contributed by atoms with Crippen LogP contribution in [-0.2, 0) is 6.42 Å². The number of benzene rings is 1. The first-order valence-electron chi connectivity index (χ1n) is 8.00. The van der Waals surface area contributed by atoms with Crippen LogP contribution in [0, 0.1) is 12.8 Å². The lowest BCUT2D eigenvalue weighted by Crippen LogP contribution is -2.36. The van der Waals surface area contributed by atoms with Crippen molar-refractivity contribution in [2.24, 2.45) is 5.92 Å². The van der Waals surface area contributed by atoms with Crippen LogP contribution in [0.5, 0.6) is 0 Å². The van der Waals surface area contributed by atoms with Crippen molar-refractivity contribution in [3.8, 4) is 0 Å². The van der Waals surface area contributed by atoms with E-state index in [2.05, 4.69) is 57.3 Å². The maximum absolute atomic E-state index is 3.75. The van der Waals surface area contributed by atoms with Crippen LogP contribution < -0.4 is 5.32 Å². The Hall–Kier alpha value is -0.820. The van der Waals surface area contributed by atoms with E-state index in [0.29, 0.717) is 6.04 Å². The second-order valence-corrected chi connectivity index (χ2v) is 5.66. The summed E-state index contributed by atoms with van der Waals surface area (Å²) in [7, 11) is 0. The van der Waals surface area contributed by atoms with E-state index in [4.69, 9.17) is 0 Å². The van der Waals surface area contributed by atoms with Gasteiger partial charge in [0.15, 0.2) is 0 Å². The normalized spacial score (nSPS) is 12.9. The lowest BCUT2D eigenvalue weighted by Gasteiger charge is -2.26. The molecule has 1 aromatic rings. The highest BCUT2D eigenvalue weighted by molar-refractivity contribution is 5.21. The van der Waals surface area contributed by atoms with Gasteiger partial charge in [0, 0.05) is 6.04 Å². The van der Waals surface area contributed by atoms with Crippen molar-refractivity contribution in [3.05, 3.63) is 35.4 Å². The van der Waals surface area contributed by atoms with Gasteiger partial charge < -0.3 is 5.32 Å². The minimum Gasteiger partial charge on any atom is -0.314 e. The van der Waals surface area contributed by atoms with Gasteiger partial charge in [-0.3, -0.25) is 0 Å². The summed E-state index contributed by atoms with van der Waals surface area (Å²) in [5.74, 6) is 0.817. The zero-order chi connectivity index (χ0) is 14.1. The molecule has 19 heavy (non-hydrogen) atoms. The molecule has 0 aliphatic carbocycles. The summed E-state index contributed by atoms with van der Waals surface area (Å²) in [5.41, 5.74) is 2.82. The molecule has 1 heteroatoms. The molecule has 1 N–H and O–H groups in total. The third kappa shape index (κ3) is 5.78. The molecule has 0 fully saturated rings. The molecule has 0 aliphatic rings. The summed E-state index contributed by atoms with van der Waals surface area (Å²) < 4.78 is 0. The molecule has 0 saturated heterocycles. The van der Waals surface area contributed by atoms with Crippen molar-refractivity contribution in [2.75, 3.05) is 6.54 Å². The van der Waals surface area contributed by atoms with Gasteiger partial charge in [0.2, 0.25) is 0 Å². The minimum atomic E-state index is 0.677. The molecular formula is C18H31N. The minimum absolute atomic E-state index is 0.677. The van der Waals surface area contributed by atoms with E-state index in [0.717, 1.165) is 12.5 Å². The first kappa shape index (κ1) is 16.2. The fourth-order valence-corrected chi connectivity index (χ4v) is 2.77. The zero-order valence-electron chi connectivity index (χ0n) is 13.2. The molecule has 108 valence electrons. The Balaban J connectivity index is 2.53. The molecule has 0 spiro atoms. The predicted octanol–water partition coefficient (Wildman–Crippen LogP) is 4.73. The molecule has 0 aromatic heterocycles. The first-order chi connectivity index (χ1) is 9.21. The van der Waals surface area contributed by atoms with Crippen LogP contribution in [0.3, 0.4) is 0 Å². The van der Waals surface area contributed by atoms with Crippen LogP contribution in [0.25, 0.3) is 0 Å². The average Bonchev–Trinajstić information content (AvgIpc) is 2.44. The van der Waals surface area contributed by atoms with Gasteiger partial charge in [0.25, 0.3) is 0 Å². The molecule has 1 unspecified atom stereocenters. The van der Waals surface area contributed by atoms with Crippen LogP contribution in [-0.4, -0.2) is 12.6 Å². The Morgan fingerprint density at radius 2 is 1.63 bits per heavy atom. The van der Waals surface area contributed by atoms with Crippen LogP contribution in [0.4, 0.5) is 0 Å². The SMILES string of the molecule is CCCNC(CCc1ccc(C)cc1)C(CC)CC. The van der Waals surface area contributed by atoms with Gasteiger partial charge >= 0.3 is 0 Å². The fraction of sp³-hybridized carbons (Fsp3) is 0.667. The van der Waals surface area contributed by atoms with E-state index in [1.807, 2.05) is 0 Å². The third-order valence-electron chi connectivity index (χ3n) is 4.14. The predicted molar refractivity (Wildman–Crippen MR) is 85.7 cm³/mol. The van der Waals surface area contributed by atoms with E-state index in [1.54, 1.807) is 0 Å². The van der Waals surface area contributed by atoms with Crippen molar-refractivity contribution in [1.29, 1.82) is 0 Å². The molecule has 0 heterocycles. The zero-order valence-corrected chi connectivity index (χ0v) is 13.2. The topological polar surface area (TPSA) is 12.0 Å². The monoisotopic (exact) mass is 261 g/mol. The molecule has 0 amide bonds. The number of hydrogen-bond acceptors (Lipinski definition) is 1. The molecule has 0 radical (unpaired) electrons. The van der Waals surface area contributed by atoms with Crippen LogP contribution in [0.1, 0.15) is 57.6 Å². The van der Waals surface area contributed by atoms with Gasteiger partial charge in [-0.25, -0.2) is 0 Å². The molecule has 1 rings (SSSR count). The summed E-state index contributed by atoms with van der Waals surface area (Å²) in [4.78, 5) is 0. The smallest absolute Gasteiger partial charge is 0.00982 e. The Labute approximate surface area is 119 Å². The van der Waals surface area contributed by atoms with Crippen LogP contribution in [0.15, 0.2) is 24.3 Å². The van der Waals surface area contributed by atoms with E-state index in [1.165, 1.54) is 43.2 Å². The highest BCUT2D eigenvalue weighted by atomic mass is 14.9. The van der Waals surface area contributed by atoms with Gasteiger partial charge in [0.05, 0.1) is 0 Å². The van der Waals surface area contributed by atoms with E-state index in [9.17, 15) is 0 Å². The second-order valence-electron chi connectivity index (χ2n) is 5.66. The van der Waals surface area contributed by atoms with Crippen molar-refractivity contribution < 1.29 is 0 Å². The maximum Gasteiger partial charge on any atom is 0.00982 e.